The molecule has 1 fully saturated rings. The Morgan fingerprint density at radius 2 is 1.79 bits per heavy atom. The molecule has 0 saturated carbocycles. The first kappa shape index (κ1) is 18.9. The maximum Gasteiger partial charge on any atom is 0.220 e. The van der Waals surface area contributed by atoms with Gasteiger partial charge < -0.3 is 10.2 Å². The van der Waals surface area contributed by atoms with Gasteiger partial charge in [-0.15, -0.1) is 0 Å². The molecule has 1 heterocycles. The van der Waals surface area contributed by atoms with E-state index in [1.165, 1.54) is 12.1 Å². The van der Waals surface area contributed by atoms with Crippen LogP contribution in [-0.4, -0.2) is 61.5 Å². The number of halogens is 1. The summed E-state index contributed by atoms with van der Waals surface area (Å²) in [5.74, 6) is 0.333. The molecule has 0 aromatic heterocycles. The number of carbonyl (C=O) groups excluding carboxylic acids is 1. The van der Waals surface area contributed by atoms with Crippen LogP contribution in [0, 0.1) is 11.7 Å². The Hall–Kier alpha value is -1.46. The van der Waals surface area contributed by atoms with E-state index in [1.54, 1.807) is 12.1 Å². The summed E-state index contributed by atoms with van der Waals surface area (Å²) in [7, 11) is 2.15. The zero-order valence-corrected chi connectivity index (χ0v) is 15.1. The highest BCUT2D eigenvalue weighted by Crippen LogP contribution is 2.13. The zero-order chi connectivity index (χ0) is 17.5. The van der Waals surface area contributed by atoms with E-state index < -0.39 is 0 Å². The molecular weight excluding hydrogens is 305 g/mol. The van der Waals surface area contributed by atoms with Crippen molar-refractivity contribution in [1.29, 1.82) is 0 Å². The average Bonchev–Trinajstić information content (AvgIpc) is 2.56. The van der Waals surface area contributed by atoms with Crippen LogP contribution in [-0.2, 0) is 11.2 Å². The van der Waals surface area contributed by atoms with E-state index in [2.05, 4.69) is 36.0 Å². The van der Waals surface area contributed by atoms with Crippen molar-refractivity contribution in [1.82, 2.24) is 15.1 Å². The summed E-state index contributed by atoms with van der Waals surface area (Å²) >= 11 is 0. The topological polar surface area (TPSA) is 35.6 Å². The van der Waals surface area contributed by atoms with Crippen LogP contribution >= 0.6 is 0 Å². The summed E-state index contributed by atoms with van der Waals surface area (Å²) in [6.07, 6.45) is 1.09. The van der Waals surface area contributed by atoms with Crippen LogP contribution < -0.4 is 5.32 Å². The molecule has 0 aliphatic carbocycles. The number of nitrogens with one attached hydrogen (secondary N) is 1. The Bertz CT molecular complexity index is 510. The Labute approximate surface area is 145 Å². The van der Waals surface area contributed by atoms with Crippen LogP contribution in [0.25, 0.3) is 0 Å². The van der Waals surface area contributed by atoms with Gasteiger partial charge in [0.1, 0.15) is 5.82 Å². The quantitative estimate of drug-likeness (QED) is 0.829. The standard InChI is InChI=1S/C19H30FN3O/c1-15(2)18(23-12-10-22(3)11-13-23)14-21-19(24)9-6-16-4-7-17(20)8-5-16/h4-5,7-8,15,18H,6,9-14H2,1-3H3,(H,21,24). The molecule has 1 amide bonds. The van der Waals surface area contributed by atoms with Crippen LogP contribution in [0.1, 0.15) is 25.8 Å². The van der Waals surface area contributed by atoms with E-state index in [0.29, 0.717) is 31.3 Å². The molecule has 2 rings (SSSR count). The van der Waals surface area contributed by atoms with E-state index in [4.69, 9.17) is 0 Å². The molecule has 0 bridgehead atoms. The molecule has 1 aromatic rings. The van der Waals surface area contributed by atoms with E-state index >= 15 is 0 Å². The van der Waals surface area contributed by atoms with E-state index in [0.717, 1.165) is 31.7 Å². The minimum absolute atomic E-state index is 0.0686. The highest BCUT2D eigenvalue weighted by molar-refractivity contribution is 5.76. The molecule has 1 unspecified atom stereocenters. The normalized spacial score (nSPS) is 17.9. The predicted octanol–water partition coefficient (Wildman–Crippen LogP) is 2.15. The number of hydrogen-bond acceptors (Lipinski definition) is 3. The Kier molecular flexibility index (Phi) is 7.18. The first-order valence-electron chi connectivity index (χ1n) is 8.89. The van der Waals surface area contributed by atoms with Gasteiger partial charge in [-0.1, -0.05) is 26.0 Å². The van der Waals surface area contributed by atoms with Crippen molar-refractivity contribution in [2.24, 2.45) is 5.92 Å². The highest BCUT2D eigenvalue weighted by Gasteiger charge is 2.25. The number of likely N-dealkylation sites (N-methyl/N-ethyl adjacent to an activating group) is 1. The maximum atomic E-state index is 12.9. The molecule has 1 N–H and O–H groups in total. The minimum atomic E-state index is -0.241. The number of hydrogen-bond donors (Lipinski definition) is 1. The second-order valence-electron chi connectivity index (χ2n) is 7.08. The lowest BCUT2D eigenvalue weighted by Crippen LogP contribution is -2.54. The van der Waals surface area contributed by atoms with Gasteiger partial charge >= 0.3 is 0 Å². The number of benzene rings is 1. The van der Waals surface area contributed by atoms with Gasteiger partial charge in [-0.05, 0) is 37.1 Å². The highest BCUT2D eigenvalue weighted by atomic mass is 19.1. The third-order valence-corrected chi connectivity index (χ3v) is 4.84. The minimum Gasteiger partial charge on any atom is -0.355 e. The average molecular weight is 335 g/mol. The fraction of sp³-hybridized carbons (Fsp3) is 0.632. The zero-order valence-electron chi connectivity index (χ0n) is 15.1. The molecule has 134 valence electrons. The fourth-order valence-corrected chi connectivity index (χ4v) is 3.16. The fourth-order valence-electron chi connectivity index (χ4n) is 3.16. The van der Waals surface area contributed by atoms with Crippen molar-refractivity contribution in [2.75, 3.05) is 39.8 Å². The van der Waals surface area contributed by atoms with Gasteiger partial charge in [-0.3, -0.25) is 9.69 Å². The van der Waals surface area contributed by atoms with Gasteiger partial charge in [0.15, 0.2) is 0 Å². The Balaban J connectivity index is 1.76. The van der Waals surface area contributed by atoms with Crippen LogP contribution in [0.5, 0.6) is 0 Å². The van der Waals surface area contributed by atoms with E-state index in [1.807, 2.05) is 0 Å². The van der Waals surface area contributed by atoms with Crippen molar-refractivity contribution in [3.8, 4) is 0 Å². The lowest BCUT2D eigenvalue weighted by Gasteiger charge is -2.39. The molecule has 4 nitrogen and oxygen atoms in total. The smallest absolute Gasteiger partial charge is 0.220 e. The van der Waals surface area contributed by atoms with Gasteiger partial charge in [0.2, 0.25) is 5.91 Å². The third-order valence-electron chi connectivity index (χ3n) is 4.84. The summed E-state index contributed by atoms with van der Waals surface area (Å²) in [6, 6.07) is 6.74. The molecule has 1 aromatic carbocycles. The second-order valence-corrected chi connectivity index (χ2v) is 7.08. The number of aryl methyl sites for hydroxylation is 1. The van der Waals surface area contributed by atoms with Crippen molar-refractivity contribution in [3.63, 3.8) is 0 Å². The maximum absolute atomic E-state index is 12.9. The number of carbonyl (C=O) groups is 1. The molecular formula is C19H30FN3O. The molecule has 1 aliphatic rings. The lowest BCUT2D eigenvalue weighted by atomic mass is 10.0. The van der Waals surface area contributed by atoms with Crippen molar-refractivity contribution in [2.45, 2.75) is 32.7 Å². The summed E-state index contributed by atoms with van der Waals surface area (Å²) in [4.78, 5) is 17.0. The van der Waals surface area contributed by atoms with Gasteiger partial charge in [-0.25, -0.2) is 4.39 Å². The summed E-state index contributed by atoms with van der Waals surface area (Å²) in [5.41, 5.74) is 0.992. The Morgan fingerprint density at radius 1 is 1.17 bits per heavy atom. The van der Waals surface area contributed by atoms with Crippen LogP contribution in [0.4, 0.5) is 4.39 Å². The van der Waals surface area contributed by atoms with Crippen molar-refractivity contribution in [3.05, 3.63) is 35.6 Å². The number of amides is 1. The monoisotopic (exact) mass is 335 g/mol. The SMILES string of the molecule is CC(C)C(CNC(=O)CCc1ccc(F)cc1)N1CCN(C)CC1. The molecule has 5 heteroatoms. The van der Waals surface area contributed by atoms with Gasteiger partial charge in [-0.2, -0.15) is 0 Å². The first-order chi connectivity index (χ1) is 11.5. The van der Waals surface area contributed by atoms with Gasteiger partial charge in [0.25, 0.3) is 0 Å². The molecule has 0 spiro atoms. The second kappa shape index (κ2) is 9.14. The van der Waals surface area contributed by atoms with E-state index in [9.17, 15) is 9.18 Å². The molecule has 1 aliphatic heterocycles. The van der Waals surface area contributed by atoms with Crippen molar-refractivity contribution < 1.29 is 9.18 Å². The van der Waals surface area contributed by atoms with Gasteiger partial charge in [0, 0.05) is 45.2 Å². The predicted molar refractivity (Wildman–Crippen MR) is 95.4 cm³/mol. The van der Waals surface area contributed by atoms with Gasteiger partial charge in [0.05, 0.1) is 0 Å². The molecule has 1 saturated heterocycles. The summed E-state index contributed by atoms with van der Waals surface area (Å²) < 4.78 is 12.9. The summed E-state index contributed by atoms with van der Waals surface area (Å²) in [6.45, 7) is 9.42. The Morgan fingerprint density at radius 3 is 2.38 bits per heavy atom. The van der Waals surface area contributed by atoms with Crippen LogP contribution in [0.2, 0.25) is 0 Å². The van der Waals surface area contributed by atoms with Crippen LogP contribution in [0.15, 0.2) is 24.3 Å². The number of piperazine rings is 1. The molecule has 1 atom stereocenters. The largest absolute Gasteiger partial charge is 0.355 e. The third kappa shape index (κ3) is 5.87. The number of rotatable bonds is 7. The number of nitrogens with zero attached hydrogens (tertiary/aromatic N) is 2. The van der Waals surface area contributed by atoms with E-state index in [-0.39, 0.29) is 11.7 Å². The molecule has 0 radical (unpaired) electrons. The first-order valence-corrected chi connectivity index (χ1v) is 8.89. The van der Waals surface area contributed by atoms with Crippen LogP contribution in [0.3, 0.4) is 0 Å². The van der Waals surface area contributed by atoms with Crippen molar-refractivity contribution >= 4 is 5.91 Å². The summed E-state index contributed by atoms with van der Waals surface area (Å²) in [5, 5.41) is 3.09. The molecule has 24 heavy (non-hydrogen) atoms. The lowest BCUT2D eigenvalue weighted by molar-refractivity contribution is -0.121.